The van der Waals surface area contributed by atoms with E-state index in [-0.39, 0.29) is 32.7 Å². The number of pyridine rings is 1. The molecule has 2 N–H and O–H groups in total. The van der Waals surface area contributed by atoms with E-state index in [1.165, 1.54) is 81.1 Å². The zero-order chi connectivity index (χ0) is 28.8. The topological polar surface area (TPSA) is 144 Å². The molecule has 1 amide bonds. The molecule has 11 nitrogen and oxygen atoms in total. The third-order valence-electron chi connectivity index (χ3n) is 5.63. The van der Waals surface area contributed by atoms with Crippen molar-refractivity contribution in [3.63, 3.8) is 0 Å². The Bertz CT molecular complexity index is 1680. The first kappa shape index (κ1) is 28.4. The summed E-state index contributed by atoms with van der Waals surface area (Å²) in [6, 6.07) is 22.5. The zero-order valence-electron chi connectivity index (χ0n) is 21.5. The first-order chi connectivity index (χ1) is 19.1. The average Bonchev–Trinajstić information content (AvgIpc) is 2.96. The fraction of sp³-hybridized carbons (Fsp3) is 0.111. The fourth-order valence-electron chi connectivity index (χ4n) is 3.68. The van der Waals surface area contributed by atoms with E-state index in [2.05, 4.69) is 15.0 Å². The zero-order valence-corrected chi connectivity index (χ0v) is 23.1. The number of nitrogens with zero attached hydrogens (tertiary/aromatic N) is 2. The van der Waals surface area contributed by atoms with Gasteiger partial charge < -0.3 is 14.8 Å². The Labute approximate surface area is 232 Å². The number of nitrogens with one attached hydrogen (secondary N) is 2. The third-order valence-corrected chi connectivity index (χ3v) is 8.78. The number of benzene rings is 3. The molecule has 0 fully saturated rings. The van der Waals surface area contributed by atoms with Crippen LogP contribution in [0.2, 0.25) is 0 Å². The number of rotatable bonds is 11. The van der Waals surface area contributed by atoms with Gasteiger partial charge >= 0.3 is 0 Å². The number of carbonyl (C=O) groups is 1. The molecule has 40 heavy (non-hydrogen) atoms. The van der Waals surface area contributed by atoms with Gasteiger partial charge in [0, 0.05) is 18.0 Å². The molecule has 0 saturated carbocycles. The summed E-state index contributed by atoms with van der Waals surface area (Å²) in [5.74, 6) is 0.177. The maximum Gasteiger partial charge on any atom is 0.264 e. The smallest absolute Gasteiger partial charge is 0.264 e. The predicted molar refractivity (Wildman–Crippen MR) is 151 cm³/mol. The van der Waals surface area contributed by atoms with Gasteiger partial charge in [0.15, 0.2) is 11.5 Å². The number of sulfonamides is 2. The van der Waals surface area contributed by atoms with Crippen LogP contribution in [0, 0.1) is 0 Å². The second-order valence-corrected chi connectivity index (χ2v) is 11.8. The van der Waals surface area contributed by atoms with E-state index >= 15 is 0 Å². The van der Waals surface area contributed by atoms with Crippen molar-refractivity contribution in [2.24, 2.45) is 0 Å². The monoisotopic (exact) mass is 582 g/mol. The molecule has 4 rings (SSSR count). The molecule has 0 radical (unpaired) electrons. The van der Waals surface area contributed by atoms with Crippen molar-refractivity contribution in [3.05, 3.63) is 97.2 Å². The predicted octanol–water partition coefficient (Wildman–Crippen LogP) is 3.73. The van der Waals surface area contributed by atoms with E-state index in [9.17, 15) is 21.6 Å². The maximum atomic E-state index is 13.6. The minimum absolute atomic E-state index is 0.00690. The van der Waals surface area contributed by atoms with E-state index in [1.807, 2.05) is 0 Å². The molecule has 0 bridgehead atoms. The summed E-state index contributed by atoms with van der Waals surface area (Å²) in [5, 5.41) is 2.62. The lowest BCUT2D eigenvalue weighted by Crippen LogP contribution is -2.38. The molecule has 0 spiro atoms. The number of methoxy groups -OCH3 is 2. The number of hydrogen-bond donors (Lipinski definition) is 2. The number of carbonyl (C=O) groups excluding carboxylic acids is 1. The Morgan fingerprint density at radius 2 is 1.48 bits per heavy atom. The number of hydrogen-bond acceptors (Lipinski definition) is 8. The molecule has 0 saturated heterocycles. The van der Waals surface area contributed by atoms with Gasteiger partial charge in [-0.1, -0.05) is 24.3 Å². The Morgan fingerprint density at radius 1 is 0.800 bits per heavy atom. The van der Waals surface area contributed by atoms with Gasteiger partial charge in [0.25, 0.3) is 20.0 Å². The molecular formula is C27H26N4O7S2. The van der Waals surface area contributed by atoms with Crippen LogP contribution in [0.4, 0.5) is 17.2 Å². The van der Waals surface area contributed by atoms with Crippen molar-refractivity contribution in [2.75, 3.05) is 35.1 Å². The molecular weight excluding hydrogens is 556 g/mol. The SMILES string of the molecule is COc1ccc(N(CC(=O)Nc2ccc(S(=O)(=O)Nc3ccccn3)cc2)S(=O)(=O)c2ccccc2)cc1OC. The number of amides is 1. The highest BCUT2D eigenvalue weighted by molar-refractivity contribution is 7.93. The van der Waals surface area contributed by atoms with Crippen LogP contribution < -0.4 is 23.8 Å². The van der Waals surface area contributed by atoms with Gasteiger partial charge in [0.05, 0.1) is 29.7 Å². The van der Waals surface area contributed by atoms with Gasteiger partial charge in [0.2, 0.25) is 5.91 Å². The Kier molecular flexibility index (Phi) is 8.55. The Morgan fingerprint density at radius 3 is 2.10 bits per heavy atom. The van der Waals surface area contributed by atoms with Crippen LogP contribution in [0.15, 0.2) is 107 Å². The van der Waals surface area contributed by atoms with Gasteiger partial charge in [0.1, 0.15) is 12.4 Å². The van der Waals surface area contributed by atoms with E-state index in [0.29, 0.717) is 5.75 Å². The molecule has 1 heterocycles. The fourth-order valence-corrected chi connectivity index (χ4v) is 6.13. The molecule has 0 atom stereocenters. The second kappa shape index (κ2) is 12.1. The van der Waals surface area contributed by atoms with E-state index < -0.39 is 32.5 Å². The van der Waals surface area contributed by atoms with Crippen LogP contribution in [0.25, 0.3) is 0 Å². The summed E-state index contributed by atoms with van der Waals surface area (Å²) in [6.45, 7) is -0.575. The summed E-state index contributed by atoms with van der Waals surface area (Å²) in [6.07, 6.45) is 1.46. The second-order valence-electron chi connectivity index (χ2n) is 8.26. The average molecular weight is 583 g/mol. The normalized spacial score (nSPS) is 11.3. The highest BCUT2D eigenvalue weighted by Gasteiger charge is 2.28. The quantitative estimate of drug-likeness (QED) is 0.272. The third kappa shape index (κ3) is 6.50. The molecule has 1 aromatic heterocycles. The van der Waals surface area contributed by atoms with Gasteiger partial charge in [-0.05, 0) is 60.7 Å². The largest absolute Gasteiger partial charge is 0.493 e. The van der Waals surface area contributed by atoms with Crippen LogP contribution in [-0.4, -0.2) is 48.5 Å². The van der Waals surface area contributed by atoms with Crippen molar-refractivity contribution < 1.29 is 31.1 Å². The highest BCUT2D eigenvalue weighted by atomic mass is 32.2. The van der Waals surface area contributed by atoms with Crippen molar-refractivity contribution in [3.8, 4) is 11.5 Å². The maximum absolute atomic E-state index is 13.6. The van der Waals surface area contributed by atoms with Crippen LogP contribution in [0.3, 0.4) is 0 Å². The van der Waals surface area contributed by atoms with Gasteiger partial charge in [-0.15, -0.1) is 0 Å². The van der Waals surface area contributed by atoms with Crippen LogP contribution >= 0.6 is 0 Å². The van der Waals surface area contributed by atoms with Gasteiger partial charge in [-0.3, -0.25) is 13.8 Å². The van der Waals surface area contributed by atoms with Crippen LogP contribution in [0.1, 0.15) is 0 Å². The number of anilines is 3. The number of ether oxygens (including phenoxy) is 2. The summed E-state index contributed by atoms with van der Waals surface area (Å²) >= 11 is 0. The minimum Gasteiger partial charge on any atom is -0.493 e. The van der Waals surface area contributed by atoms with Crippen molar-refractivity contribution in [1.29, 1.82) is 0 Å². The first-order valence-electron chi connectivity index (χ1n) is 11.8. The molecule has 4 aromatic rings. The molecule has 13 heteroatoms. The summed E-state index contributed by atoms with van der Waals surface area (Å²) in [7, 11) is -5.20. The Balaban J connectivity index is 1.57. The first-order valence-corrected chi connectivity index (χ1v) is 14.7. The number of aromatic nitrogens is 1. The van der Waals surface area contributed by atoms with Crippen molar-refractivity contribution in [1.82, 2.24) is 4.98 Å². The van der Waals surface area contributed by atoms with Crippen LogP contribution in [0.5, 0.6) is 11.5 Å². The lowest BCUT2D eigenvalue weighted by atomic mass is 10.2. The lowest BCUT2D eigenvalue weighted by molar-refractivity contribution is -0.114. The van der Waals surface area contributed by atoms with Gasteiger partial charge in [-0.2, -0.15) is 0 Å². The molecule has 0 unspecified atom stereocenters. The highest BCUT2D eigenvalue weighted by Crippen LogP contribution is 2.33. The molecule has 0 aliphatic heterocycles. The minimum atomic E-state index is -4.16. The lowest BCUT2D eigenvalue weighted by Gasteiger charge is -2.25. The standard InChI is InChI=1S/C27H26N4O7S2/c1-37-24-16-13-21(18-25(24)38-2)31(40(35,36)23-8-4-3-5-9-23)19-27(32)29-20-11-14-22(15-12-20)39(33,34)30-26-10-6-7-17-28-26/h3-18H,19H2,1-2H3,(H,28,30)(H,29,32). The summed E-state index contributed by atoms with van der Waals surface area (Å²) < 4.78 is 66.3. The summed E-state index contributed by atoms with van der Waals surface area (Å²) in [4.78, 5) is 17.0. The Hall–Kier alpha value is -4.62. The van der Waals surface area contributed by atoms with E-state index in [1.54, 1.807) is 30.3 Å². The molecule has 0 aliphatic rings. The van der Waals surface area contributed by atoms with Crippen molar-refractivity contribution in [2.45, 2.75) is 9.79 Å². The van der Waals surface area contributed by atoms with E-state index in [4.69, 9.17) is 9.47 Å². The van der Waals surface area contributed by atoms with E-state index in [0.717, 1.165) is 4.31 Å². The van der Waals surface area contributed by atoms with Crippen molar-refractivity contribution >= 4 is 43.1 Å². The summed E-state index contributed by atoms with van der Waals surface area (Å²) in [5.41, 5.74) is 0.449. The van der Waals surface area contributed by atoms with Gasteiger partial charge in [-0.25, -0.2) is 21.8 Å². The molecule has 0 aliphatic carbocycles. The molecule has 208 valence electrons. The molecule has 3 aromatic carbocycles. The van der Waals surface area contributed by atoms with Crippen LogP contribution in [-0.2, 0) is 24.8 Å².